The molecule has 3 rings (SSSR count). The van der Waals surface area contributed by atoms with Crippen LogP contribution >= 0.6 is 0 Å². The fourth-order valence-electron chi connectivity index (χ4n) is 3.50. The second-order valence-electron chi connectivity index (χ2n) is 6.72. The SMILES string of the molecule is CCCC(=O)N1CCN(C(=O)c2ccc3c(c2)CCC(=O)N3C)CC1. The third-order valence-electron chi connectivity index (χ3n) is 5.05. The number of aryl methyl sites for hydroxylation is 1. The smallest absolute Gasteiger partial charge is 0.253 e. The van der Waals surface area contributed by atoms with Gasteiger partial charge >= 0.3 is 0 Å². The quantitative estimate of drug-likeness (QED) is 0.839. The molecule has 1 aromatic rings. The number of benzene rings is 1. The molecule has 134 valence electrons. The molecular formula is C19H25N3O3. The van der Waals surface area contributed by atoms with E-state index in [-0.39, 0.29) is 17.7 Å². The minimum atomic E-state index is 0.00458. The molecule has 1 saturated heterocycles. The van der Waals surface area contributed by atoms with Gasteiger partial charge in [0.25, 0.3) is 5.91 Å². The van der Waals surface area contributed by atoms with Gasteiger partial charge in [-0.3, -0.25) is 14.4 Å². The van der Waals surface area contributed by atoms with Crippen LogP contribution in [0.15, 0.2) is 18.2 Å². The van der Waals surface area contributed by atoms with Gasteiger partial charge in [0.15, 0.2) is 0 Å². The lowest BCUT2D eigenvalue weighted by molar-refractivity contribution is -0.132. The monoisotopic (exact) mass is 343 g/mol. The van der Waals surface area contributed by atoms with E-state index in [4.69, 9.17) is 0 Å². The van der Waals surface area contributed by atoms with Gasteiger partial charge in [-0.05, 0) is 36.6 Å². The van der Waals surface area contributed by atoms with Crippen molar-refractivity contribution in [2.45, 2.75) is 32.6 Å². The highest BCUT2D eigenvalue weighted by Crippen LogP contribution is 2.28. The van der Waals surface area contributed by atoms with Gasteiger partial charge in [-0.25, -0.2) is 0 Å². The van der Waals surface area contributed by atoms with Crippen LogP contribution in [0.25, 0.3) is 0 Å². The van der Waals surface area contributed by atoms with E-state index in [0.717, 1.165) is 17.7 Å². The van der Waals surface area contributed by atoms with E-state index < -0.39 is 0 Å². The van der Waals surface area contributed by atoms with E-state index in [1.165, 1.54) is 0 Å². The van der Waals surface area contributed by atoms with Crippen molar-refractivity contribution in [3.05, 3.63) is 29.3 Å². The van der Waals surface area contributed by atoms with Crippen LogP contribution in [0, 0.1) is 0 Å². The lowest BCUT2D eigenvalue weighted by Gasteiger charge is -2.35. The summed E-state index contributed by atoms with van der Waals surface area (Å²) in [6, 6.07) is 5.57. The topological polar surface area (TPSA) is 60.9 Å². The predicted molar refractivity (Wildman–Crippen MR) is 95.6 cm³/mol. The lowest BCUT2D eigenvalue weighted by Crippen LogP contribution is -2.50. The molecule has 2 aliphatic heterocycles. The Morgan fingerprint density at radius 2 is 1.72 bits per heavy atom. The van der Waals surface area contributed by atoms with E-state index in [9.17, 15) is 14.4 Å². The molecule has 0 atom stereocenters. The maximum atomic E-state index is 12.8. The molecule has 1 aromatic carbocycles. The van der Waals surface area contributed by atoms with Crippen LogP contribution in [0.4, 0.5) is 5.69 Å². The molecule has 0 saturated carbocycles. The summed E-state index contributed by atoms with van der Waals surface area (Å²) < 4.78 is 0. The van der Waals surface area contributed by atoms with Gasteiger partial charge in [-0.1, -0.05) is 6.92 Å². The van der Waals surface area contributed by atoms with Gasteiger partial charge in [0, 0.05) is 57.3 Å². The molecule has 2 heterocycles. The minimum Gasteiger partial charge on any atom is -0.339 e. The second kappa shape index (κ2) is 7.25. The van der Waals surface area contributed by atoms with E-state index in [2.05, 4.69) is 0 Å². The Kier molecular flexibility index (Phi) is 5.06. The summed E-state index contributed by atoms with van der Waals surface area (Å²) in [7, 11) is 1.77. The number of piperazine rings is 1. The summed E-state index contributed by atoms with van der Waals surface area (Å²) in [5.74, 6) is 0.292. The number of fused-ring (bicyclic) bond motifs is 1. The van der Waals surface area contributed by atoms with Gasteiger partial charge in [-0.2, -0.15) is 0 Å². The Labute approximate surface area is 148 Å². The van der Waals surface area contributed by atoms with Gasteiger partial charge in [0.05, 0.1) is 0 Å². The molecule has 0 radical (unpaired) electrons. The first-order chi connectivity index (χ1) is 12.0. The zero-order chi connectivity index (χ0) is 18.0. The normalized spacial score (nSPS) is 17.5. The third kappa shape index (κ3) is 3.52. The van der Waals surface area contributed by atoms with Crippen LogP contribution in [0.5, 0.6) is 0 Å². The van der Waals surface area contributed by atoms with Gasteiger partial charge in [0.2, 0.25) is 11.8 Å². The molecule has 2 aliphatic rings. The van der Waals surface area contributed by atoms with Crippen molar-refractivity contribution in [1.82, 2.24) is 9.80 Å². The predicted octanol–water partition coefficient (Wildman–Crippen LogP) is 1.68. The molecule has 0 aliphatic carbocycles. The number of hydrogen-bond donors (Lipinski definition) is 0. The van der Waals surface area contributed by atoms with Crippen molar-refractivity contribution in [3.8, 4) is 0 Å². The van der Waals surface area contributed by atoms with Crippen LogP contribution in [0.2, 0.25) is 0 Å². The van der Waals surface area contributed by atoms with Gasteiger partial charge in [0.1, 0.15) is 0 Å². The molecule has 0 unspecified atom stereocenters. The maximum absolute atomic E-state index is 12.8. The zero-order valence-corrected chi connectivity index (χ0v) is 15.0. The number of nitrogens with zero attached hydrogens (tertiary/aromatic N) is 3. The summed E-state index contributed by atoms with van der Waals surface area (Å²) in [5.41, 5.74) is 2.60. The molecule has 6 heteroatoms. The van der Waals surface area contributed by atoms with Crippen molar-refractivity contribution in [3.63, 3.8) is 0 Å². The molecule has 6 nitrogen and oxygen atoms in total. The highest BCUT2D eigenvalue weighted by molar-refractivity contribution is 5.99. The first-order valence-electron chi connectivity index (χ1n) is 8.97. The van der Waals surface area contributed by atoms with Crippen LogP contribution < -0.4 is 4.90 Å². The van der Waals surface area contributed by atoms with Crippen LogP contribution in [-0.2, 0) is 16.0 Å². The van der Waals surface area contributed by atoms with Gasteiger partial charge in [-0.15, -0.1) is 0 Å². The number of hydrogen-bond acceptors (Lipinski definition) is 3. The summed E-state index contributed by atoms with van der Waals surface area (Å²) in [6.07, 6.45) is 2.59. The molecular weight excluding hydrogens is 318 g/mol. The van der Waals surface area contributed by atoms with Crippen molar-refractivity contribution in [1.29, 1.82) is 0 Å². The highest BCUT2D eigenvalue weighted by Gasteiger charge is 2.26. The van der Waals surface area contributed by atoms with Crippen molar-refractivity contribution >= 4 is 23.4 Å². The largest absolute Gasteiger partial charge is 0.339 e. The average Bonchev–Trinajstić information content (AvgIpc) is 2.64. The van der Waals surface area contributed by atoms with E-state index in [1.807, 2.05) is 28.9 Å². The van der Waals surface area contributed by atoms with Crippen LogP contribution in [-0.4, -0.2) is 60.7 Å². The molecule has 3 amide bonds. The first-order valence-corrected chi connectivity index (χ1v) is 8.97. The fourth-order valence-corrected chi connectivity index (χ4v) is 3.50. The number of rotatable bonds is 3. The number of carbonyl (C=O) groups is 3. The fraction of sp³-hybridized carbons (Fsp3) is 0.526. The Morgan fingerprint density at radius 3 is 2.40 bits per heavy atom. The van der Waals surface area contributed by atoms with E-state index >= 15 is 0 Å². The third-order valence-corrected chi connectivity index (χ3v) is 5.05. The van der Waals surface area contributed by atoms with Gasteiger partial charge < -0.3 is 14.7 Å². The summed E-state index contributed by atoms with van der Waals surface area (Å²) in [6.45, 7) is 4.35. The molecule has 1 fully saturated rings. The maximum Gasteiger partial charge on any atom is 0.253 e. The van der Waals surface area contributed by atoms with E-state index in [1.54, 1.807) is 18.0 Å². The molecule has 0 aromatic heterocycles. The van der Waals surface area contributed by atoms with Crippen LogP contribution in [0.3, 0.4) is 0 Å². The molecule has 0 spiro atoms. The molecule has 0 bridgehead atoms. The lowest BCUT2D eigenvalue weighted by atomic mass is 9.98. The molecule has 0 N–H and O–H groups in total. The molecule has 25 heavy (non-hydrogen) atoms. The Hall–Kier alpha value is -2.37. The number of amides is 3. The van der Waals surface area contributed by atoms with Crippen molar-refractivity contribution < 1.29 is 14.4 Å². The second-order valence-corrected chi connectivity index (χ2v) is 6.72. The van der Waals surface area contributed by atoms with Crippen LogP contribution in [0.1, 0.15) is 42.1 Å². The average molecular weight is 343 g/mol. The summed E-state index contributed by atoms with van der Waals surface area (Å²) >= 11 is 0. The Balaban J connectivity index is 1.67. The minimum absolute atomic E-state index is 0.00458. The number of carbonyl (C=O) groups excluding carboxylic acids is 3. The van der Waals surface area contributed by atoms with E-state index in [0.29, 0.717) is 51.0 Å². The summed E-state index contributed by atoms with van der Waals surface area (Å²) in [4.78, 5) is 41.8. The first kappa shape index (κ1) is 17.5. The zero-order valence-electron chi connectivity index (χ0n) is 15.0. The van der Waals surface area contributed by atoms with Crippen molar-refractivity contribution in [2.24, 2.45) is 0 Å². The highest BCUT2D eigenvalue weighted by atomic mass is 16.2. The number of anilines is 1. The Morgan fingerprint density at radius 1 is 1.04 bits per heavy atom. The standard InChI is InChI=1S/C19H25N3O3/c1-3-4-18(24)21-9-11-22(12-10-21)19(25)15-5-7-16-14(13-15)6-8-17(23)20(16)2/h5,7,13H,3-4,6,8-12H2,1-2H3. The Bertz CT molecular complexity index is 693. The summed E-state index contributed by atoms with van der Waals surface area (Å²) in [5, 5.41) is 0. The van der Waals surface area contributed by atoms with Crippen molar-refractivity contribution in [2.75, 3.05) is 38.1 Å².